The average molecular weight is 496 g/mol. The molecule has 2 aromatic carbocycles. The Morgan fingerprint density at radius 3 is 2.44 bits per heavy atom. The molecule has 2 aliphatic heterocycles. The van der Waals surface area contributed by atoms with Crippen molar-refractivity contribution in [2.45, 2.75) is 43.5 Å². The molecule has 0 bridgehead atoms. The molecule has 32 heavy (non-hydrogen) atoms. The van der Waals surface area contributed by atoms with E-state index in [2.05, 4.69) is 0 Å². The molecule has 2 aliphatic rings. The summed E-state index contributed by atoms with van der Waals surface area (Å²) in [4.78, 5) is 15.3. The van der Waals surface area contributed by atoms with Crippen molar-refractivity contribution in [2.75, 3.05) is 25.5 Å². The van der Waals surface area contributed by atoms with Crippen LogP contribution in [0, 0.1) is 5.92 Å². The number of hydrogen-bond donors (Lipinski definition) is 0. The zero-order valence-corrected chi connectivity index (χ0v) is 20.3. The Morgan fingerprint density at radius 1 is 1.09 bits per heavy atom. The first kappa shape index (κ1) is 23.6. The molecule has 1 saturated heterocycles. The lowest BCUT2D eigenvalue weighted by Crippen LogP contribution is -2.40. The van der Waals surface area contributed by atoms with E-state index in [9.17, 15) is 13.2 Å². The molecule has 1 fully saturated rings. The lowest BCUT2D eigenvalue weighted by Gasteiger charge is -2.36. The number of nitrogens with zero attached hydrogens (tertiary/aromatic N) is 1. The minimum Gasteiger partial charge on any atom is -0.381 e. The van der Waals surface area contributed by atoms with Crippen LogP contribution in [0.4, 0.5) is 0 Å². The number of amides is 1. The second-order valence-electron chi connectivity index (χ2n) is 8.55. The minimum absolute atomic E-state index is 0.0754. The topological polar surface area (TPSA) is 63.7 Å². The predicted octanol–water partition coefficient (Wildman–Crippen LogP) is 4.88. The molecule has 2 heterocycles. The number of ether oxygens (including phenoxy) is 1. The molecule has 2 aromatic rings. The first-order valence-corrected chi connectivity index (χ1v) is 13.3. The summed E-state index contributed by atoms with van der Waals surface area (Å²) in [6.07, 6.45) is 2.17. The smallest absolute Gasteiger partial charge is 0.227 e. The summed E-state index contributed by atoms with van der Waals surface area (Å²) in [7, 11) is -3.42. The number of carbonyl (C=O) groups excluding carboxylic acids is 1. The maximum atomic E-state index is 13.3. The molecular weight excluding hydrogens is 469 g/mol. The Hall–Kier alpha value is -1.60. The number of carbonyl (C=O) groups is 1. The summed E-state index contributed by atoms with van der Waals surface area (Å²) in [6.45, 7) is 3.64. The van der Waals surface area contributed by atoms with Crippen LogP contribution in [0.2, 0.25) is 10.0 Å². The van der Waals surface area contributed by atoms with E-state index in [4.69, 9.17) is 27.9 Å². The van der Waals surface area contributed by atoms with E-state index >= 15 is 0 Å². The van der Waals surface area contributed by atoms with E-state index in [-0.39, 0.29) is 30.0 Å². The zero-order valence-electron chi connectivity index (χ0n) is 18.0. The first-order valence-electron chi connectivity index (χ1n) is 10.9. The van der Waals surface area contributed by atoms with Gasteiger partial charge in [0.25, 0.3) is 0 Å². The van der Waals surface area contributed by atoms with Gasteiger partial charge in [0, 0.05) is 29.8 Å². The van der Waals surface area contributed by atoms with Crippen LogP contribution in [0.25, 0.3) is 0 Å². The Morgan fingerprint density at radius 2 is 1.75 bits per heavy atom. The monoisotopic (exact) mass is 495 g/mol. The molecule has 5 nitrogen and oxygen atoms in total. The third kappa shape index (κ3) is 4.84. The van der Waals surface area contributed by atoms with Crippen LogP contribution >= 0.6 is 23.2 Å². The summed E-state index contributed by atoms with van der Waals surface area (Å²) in [5.41, 5.74) is 2.35. The maximum absolute atomic E-state index is 13.3. The highest BCUT2D eigenvalue weighted by Gasteiger charge is 2.33. The molecule has 0 radical (unpaired) electrons. The van der Waals surface area contributed by atoms with Crippen LogP contribution in [0.5, 0.6) is 0 Å². The summed E-state index contributed by atoms with van der Waals surface area (Å²) in [5.74, 6) is 0.201. The minimum atomic E-state index is -3.42. The van der Waals surface area contributed by atoms with Gasteiger partial charge in [-0.15, -0.1) is 0 Å². The van der Waals surface area contributed by atoms with Crippen molar-refractivity contribution in [3.8, 4) is 0 Å². The van der Waals surface area contributed by atoms with Crippen molar-refractivity contribution in [2.24, 2.45) is 5.92 Å². The van der Waals surface area contributed by atoms with Gasteiger partial charge in [-0.1, -0.05) is 41.4 Å². The second kappa shape index (κ2) is 9.72. The van der Waals surface area contributed by atoms with Gasteiger partial charge in [-0.25, -0.2) is 8.42 Å². The highest BCUT2D eigenvalue weighted by atomic mass is 35.5. The number of rotatable bonds is 5. The third-order valence-corrected chi connectivity index (χ3v) is 9.20. The SMILES string of the molecule is C[C@H]1c2cccc(S(=O)(=O)CC3CCOCC3)c2CCN1C(=O)Cc1c(Cl)cccc1Cl. The molecule has 0 aromatic heterocycles. The van der Waals surface area contributed by atoms with Gasteiger partial charge in [0.1, 0.15) is 0 Å². The number of halogens is 2. The summed E-state index contributed by atoms with van der Waals surface area (Å²) >= 11 is 12.5. The Bertz CT molecular complexity index is 1090. The molecule has 0 saturated carbocycles. The van der Waals surface area contributed by atoms with Crippen LogP contribution in [-0.4, -0.2) is 44.7 Å². The number of fused-ring (bicyclic) bond motifs is 1. The van der Waals surface area contributed by atoms with E-state index in [1.807, 2.05) is 13.0 Å². The summed E-state index contributed by atoms with van der Waals surface area (Å²) in [6, 6.07) is 10.4. The van der Waals surface area contributed by atoms with Crippen LogP contribution in [0.15, 0.2) is 41.3 Å². The van der Waals surface area contributed by atoms with Crippen LogP contribution in [-0.2, 0) is 32.2 Å². The first-order chi connectivity index (χ1) is 15.3. The molecule has 4 rings (SSSR count). The fraction of sp³-hybridized carbons (Fsp3) is 0.458. The Kier molecular flexibility index (Phi) is 7.15. The zero-order chi connectivity index (χ0) is 22.9. The van der Waals surface area contributed by atoms with E-state index < -0.39 is 9.84 Å². The Balaban J connectivity index is 1.56. The van der Waals surface area contributed by atoms with Gasteiger partial charge in [-0.2, -0.15) is 0 Å². The highest BCUT2D eigenvalue weighted by Crippen LogP contribution is 2.35. The lowest BCUT2D eigenvalue weighted by atomic mass is 9.93. The van der Waals surface area contributed by atoms with Crippen molar-refractivity contribution in [3.63, 3.8) is 0 Å². The van der Waals surface area contributed by atoms with Crippen LogP contribution in [0.3, 0.4) is 0 Å². The summed E-state index contributed by atoms with van der Waals surface area (Å²) in [5, 5.41) is 0.940. The number of hydrogen-bond acceptors (Lipinski definition) is 4. The van der Waals surface area contributed by atoms with Gasteiger partial charge in [-0.05, 0) is 67.0 Å². The van der Waals surface area contributed by atoms with Gasteiger partial charge < -0.3 is 9.64 Å². The standard InChI is InChI=1S/C24H27Cl2NO4S/c1-16-18-4-2-7-23(32(29,30)15-17-9-12-31-13-10-17)19(18)8-11-27(16)24(28)14-20-21(25)5-3-6-22(20)26/h2-7,16-17H,8-15H2,1H3/t16-/m0/s1. The molecule has 1 amide bonds. The van der Waals surface area contributed by atoms with E-state index in [0.29, 0.717) is 46.7 Å². The molecule has 0 spiro atoms. The van der Waals surface area contributed by atoms with Crippen molar-refractivity contribution < 1.29 is 17.9 Å². The predicted molar refractivity (Wildman–Crippen MR) is 126 cm³/mol. The van der Waals surface area contributed by atoms with E-state index in [0.717, 1.165) is 24.0 Å². The fourth-order valence-electron chi connectivity index (χ4n) is 4.73. The van der Waals surface area contributed by atoms with Gasteiger partial charge in [0.05, 0.1) is 23.1 Å². The molecule has 0 N–H and O–H groups in total. The molecular formula is C24H27Cl2NO4S. The number of sulfone groups is 1. The fourth-order valence-corrected chi connectivity index (χ4v) is 7.28. The lowest BCUT2D eigenvalue weighted by molar-refractivity contribution is -0.133. The van der Waals surface area contributed by atoms with E-state index in [1.165, 1.54) is 0 Å². The maximum Gasteiger partial charge on any atom is 0.227 e. The van der Waals surface area contributed by atoms with E-state index in [1.54, 1.807) is 35.2 Å². The molecule has 0 unspecified atom stereocenters. The average Bonchev–Trinajstić information content (AvgIpc) is 2.76. The normalized spacial score (nSPS) is 19.6. The van der Waals surface area contributed by atoms with Crippen molar-refractivity contribution in [3.05, 3.63) is 63.1 Å². The second-order valence-corrected chi connectivity index (χ2v) is 11.4. The van der Waals surface area contributed by atoms with Crippen LogP contribution < -0.4 is 0 Å². The third-order valence-electron chi connectivity index (χ3n) is 6.53. The van der Waals surface area contributed by atoms with Gasteiger partial charge in [0.2, 0.25) is 5.91 Å². The molecule has 172 valence electrons. The highest BCUT2D eigenvalue weighted by molar-refractivity contribution is 7.91. The summed E-state index contributed by atoms with van der Waals surface area (Å²) < 4.78 is 31.9. The molecule has 0 aliphatic carbocycles. The largest absolute Gasteiger partial charge is 0.381 e. The van der Waals surface area contributed by atoms with Gasteiger partial charge in [-0.3, -0.25) is 4.79 Å². The van der Waals surface area contributed by atoms with Gasteiger partial charge in [0.15, 0.2) is 9.84 Å². The Labute approximate surface area is 199 Å². The van der Waals surface area contributed by atoms with Crippen LogP contribution in [0.1, 0.15) is 42.5 Å². The quantitative estimate of drug-likeness (QED) is 0.592. The molecule has 1 atom stereocenters. The number of benzene rings is 2. The van der Waals surface area contributed by atoms with Gasteiger partial charge >= 0.3 is 0 Å². The van der Waals surface area contributed by atoms with Crippen molar-refractivity contribution in [1.29, 1.82) is 0 Å². The van der Waals surface area contributed by atoms with Crippen molar-refractivity contribution >= 4 is 38.9 Å². The molecule has 8 heteroatoms. The van der Waals surface area contributed by atoms with Crippen molar-refractivity contribution in [1.82, 2.24) is 4.90 Å².